The summed E-state index contributed by atoms with van der Waals surface area (Å²) >= 11 is 0. The van der Waals surface area contributed by atoms with Crippen molar-refractivity contribution >= 4 is 16.5 Å². The number of pyridine rings is 1. The maximum Gasteiger partial charge on any atom is 0.419 e. The molecule has 32 heavy (non-hydrogen) atoms. The molecule has 1 aliphatic carbocycles. The van der Waals surface area contributed by atoms with Crippen LogP contribution in [0.2, 0.25) is 0 Å². The van der Waals surface area contributed by atoms with E-state index in [9.17, 15) is 37.0 Å². The van der Waals surface area contributed by atoms with Crippen molar-refractivity contribution in [3.63, 3.8) is 0 Å². The van der Waals surface area contributed by atoms with Gasteiger partial charge in [-0.1, -0.05) is 13.0 Å². The highest BCUT2D eigenvalue weighted by Gasteiger charge is 2.62. The van der Waals surface area contributed by atoms with Gasteiger partial charge in [0.25, 0.3) is 5.56 Å². The Morgan fingerprint density at radius 2 is 1.94 bits per heavy atom. The average Bonchev–Trinajstić information content (AvgIpc) is 2.73. The molecule has 0 radical (unpaired) electrons. The van der Waals surface area contributed by atoms with E-state index in [2.05, 4.69) is 10.3 Å². The smallest absolute Gasteiger partial charge is 0.419 e. The SMILES string of the molecule is CC[C@@H]1CC(O)(C(F)(F)F)C(Nc2cccc3c(=O)[nH]ccc23)c2cc(F)c(F)c(O)c21. The summed E-state index contributed by atoms with van der Waals surface area (Å²) in [4.78, 5) is 14.5. The molecule has 0 aliphatic heterocycles. The minimum atomic E-state index is -5.14. The summed E-state index contributed by atoms with van der Waals surface area (Å²) in [6.07, 6.45) is -4.66. The second-order valence-corrected chi connectivity index (χ2v) is 7.91. The first-order valence-corrected chi connectivity index (χ1v) is 9.86. The van der Waals surface area contributed by atoms with Crippen LogP contribution in [0, 0.1) is 11.6 Å². The van der Waals surface area contributed by atoms with E-state index < -0.39 is 58.7 Å². The maximum atomic E-state index is 14.2. The predicted octanol–water partition coefficient (Wildman–Crippen LogP) is 4.86. The average molecular weight is 454 g/mol. The Labute approximate surface area is 178 Å². The van der Waals surface area contributed by atoms with Gasteiger partial charge in [-0.15, -0.1) is 0 Å². The van der Waals surface area contributed by atoms with E-state index in [0.717, 1.165) is 0 Å². The molecule has 170 valence electrons. The second kappa shape index (κ2) is 7.47. The van der Waals surface area contributed by atoms with Crippen LogP contribution in [0.15, 0.2) is 41.3 Å². The minimum absolute atomic E-state index is 0.0421. The molecule has 2 unspecified atom stereocenters. The monoisotopic (exact) mass is 454 g/mol. The Morgan fingerprint density at radius 1 is 1.22 bits per heavy atom. The quantitative estimate of drug-likeness (QED) is 0.426. The van der Waals surface area contributed by atoms with Crippen LogP contribution in [0.4, 0.5) is 27.6 Å². The lowest BCUT2D eigenvalue weighted by Crippen LogP contribution is -2.55. The lowest BCUT2D eigenvalue weighted by Gasteiger charge is -2.46. The standard InChI is InChI=1S/C22H19F5N2O3/c1-2-10-9-21(32,22(25,26)27)19(13-8-14(23)17(24)18(30)16(10)13)29-15-5-3-4-12-11(15)6-7-28-20(12)31/h3-8,10,19,29-30,32H,2,9H2,1H3,(H,28,31)/t10-,19?,21?/m1/s1. The molecule has 3 atom stereocenters. The summed E-state index contributed by atoms with van der Waals surface area (Å²) in [7, 11) is 0. The number of halogens is 5. The number of anilines is 1. The van der Waals surface area contributed by atoms with Crippen LogP contribution in [0.3, 0.4) is 0 Å². The fraction of sp³-hybridized carbons (Fsp3) is 0.318. The maximum absolute atomic E-state index is 14.2. The van der Waals surface area contributed by atoms with Gasteiger partial charge >= 0.3 is 6.18 Å². The van der Waals surface area contributed by atoms with Crippen LogP contribution in [-0.4, -0.2) is 27.0 Å². The molecule has 1 heterocycles. The zero-order valence-corrected chi connectivity index (χ0v) is 16.7. The Hall–Kier alpha value is -3.14. The van der Waals surface area contributed by atoms with Crippen molar-refractivity contribution in [1.29, 1.82) is 0 Å². The van der Waals surface area contributed by atoms with Gasteiger partial charge in [-0.25, -0.2) is 4.39 Å². The number of H-pyrrole nitrogens is 1. The van der Waals surface area contributed by atoms with Crippen molar-refractivity contribution in [3.8, 4) is 5.75 Å². The number of aromatic nitrogens is 1. The van der Waals surface area contributed by atoms with Crippen molar-refractivity contribution in [2.24, 2.45) is 0 Å². The molecule has 0 saturated heterocycles. The fourth-order valence-electron chi connectivity index (χ4n) is 4.49. The molecule has 4 rings (SSSR count). The fourth-order valence-corrected chi connectivity index (χ4v) is 4.49. The zero-order chi connectivity index (χ0) is 23.4. The molecule has 0 spiro atoms. The normalized spacial score (nSPS) is 23.2. The molecule has 1 aliphatic rings. The number of nitrogens with one attached hydrogen (secondary N) is 2. The van der Waals surface area contributed by atoms with Gasteiger partial charge in [0.1, 0.15) is 0 Å². The second-order valence-electron chi connectivity index (χ2n) is 7.91. The van der Waals surface area contributed by atoms with Crippen LogP contribution < -0.4 is 10.9 Å². The highest BCUT2D eigenvalue weighted by molar-refractivity contribution is 5.93. The van der Waals surface area contributed by atoms with Gasteiger partial charge in [-0.05, 0) is 48.6 Å². The topological polar surface area (TPSA) is 85.4 Å². The first kappa shape index (κ1) is 22.1. The summed E-state index contributed by atoms with van der Waals surface area (Å²) in [6.45, 7) is 1.52. The van der Waals surface area contributed by atoms with E-state index in [-0.39, 0.29) is 28.4 Å². The van der Waals surface area contributed by atoms with Crippen LogP contribution in [0.5, 0.6) is 5.75 Å². The van der Waals surface area contributed by atoms with Gasteiger partial charge in [-0.3, -0.25) is 4.79 Å². The van der Waals surface area contributed by atoms with E-state index in [4.69, 9.17) is 0 Å². The molecule has 3 aromatic rings. The van der Waals surface area contributed by atoms with Crippen molar-refractivity contribution < 1.29 is 32.2 Å². The van der Waals surface area contributed by atoms with Gasteiger partial charge in [0.05, 0.1) is 6.04 Å². The summed E-state index contributed by atoms with van der Waals surface area (Å²) in [5, 5.41) is 24.2. The van der Waals surface area contributed by atoms with Gasteiger partial charge < -0.3 is 20.5 Å². The Bertz CT molecular complexity index is 1260. The molecule has 0 bridgehead atoms. The third kappa shape index (κ3) is 3.21. The molecule has 4 N–H and O–H groups in total. The highest BCUT2D eigenvalue weighted by Crippen LogP contribution is 2.55. The molecule has 10 heteroatoms. The molecule has 0 saturated carbocycles. The van der Waals surface area contributed by atoms with Crippen molar-refractivity contribution in [2.45, 2.75) is 43.5 Å². The van der Waals surface area contributed by atoms with Gasteiger partial charge in [0.2, 0.25) is 5.82 Å². The van der Waals surface area contributed by atoms with Crippen LogP contribution in [0.1, 0.15) is 42.9 Å². The Morgan fingerprint density at radius 3 is 2.59 bits per heavy atom. The number of phenols is 1. The predicted molar refractivity (Wildman–Crippen MR) is 108 cm³/mol. The van der Waals surface area contributed by atoms with E-state index in [1.54, 1.807) is 0 Å². The van der Waals surface area contributed by atoms with Crippen molar-refractivity contribution in [1.82, 2.24) is 4.98 Å². The van der Waals surface area contributed by atoms with Gasteiger partial charge in [-0.2, -0.15) is 17.6 Å². The molecule has 0 fully saturated rings. The summed E-state index contributed by atoms with van der Waals surface area (Å²) < 4.78 is 70.8. The number of benzene rings is 2. The number of fused-ring (bicyclic) bond motifs is 2. The number of aromatic amines is 1. The highest BCUT2D eigenvalue weighted by atomic mass is 19.4. The number of aromatic hydroxyl groups is 1. The van der Waals surface area contributed by atoms with Crippen LogP contribution >= 0.6 is 0 Å². The first-order valence-electron chi connectivity index (χ1n) is 9.86. The largest absolute Gasteiger partial charge is 0.505 e. The molecular formula is C22H19F5N2O3. The Balaban J connectivity index is 1.98. The molecular weight excluding hydrogens is 435 g/mol. The number of hydrogen-bond acceptors (Lipinski definition) is 4. The molecule has 5 nitrogen and oxygen atoms in total. The molecule has 1 aromatic heterocycles. The van der Waals surface area contributed by atoms with E-state index in [1.165, 1.54) is 37.4 Å². The van der Waals surface area contributed by atoms with Gasteiger partial charge in [0.15, 0.2) is 17.2 Å². The van der Waals surface area contributed by atoms with Crippen LogP contribution in [0.25, 0.3) is 10.8 Å². The van der Waals surface area contributed by atoms with Crippen LogP contribution in [-0.2, 0) is 0 Å². The lowest BCUT2D eigenvalue weighted by molar-refractivity contribution is -0.272. The third-order valence-electron chi connectivity index (χ3n) is 6.12. The number of aliphatic hydroxyl groups is 1. The minimum Gasteiger partial charge on any atom is -0.505 e. The summed E-state index contributed by atoms with van der Waals surface area (Å²) in [6, 6.07) is 4.37. The van der Waals surface area contributed by atoms with Crippen molar-refractivity contribution in [3.05, 3.63) is 69.6 Å². The van der Waals surface area contributed by atoms with Gasteiger partial charge in [0, 0.05) is 28.2 Å². The van der Waals surface area contributed by atoms with E-state index in [0.29, 0.717) is 6.07 Å². The third-order valence-corrected chi connectivity index (χ3v) is 6.12. The Kier molecular flexibility index (Phi) is 5.15. The number of phenolic OH excluding ortho intramolecular Hbond substituents is 1. The first-order chi connectivity index (χ1) is 15.0. The molecule has 0 amide bonds. The van der Waals surface area contributed by atoms with E-state index in [1.807, 2.05) is 0 Å². The number of hydrogen-bond donors (Lipinski definition) is 4. The summed E-state index contributed by atoms with van der Waals surface area (Å²) in [5.74, 6) is -5.24. The van der Waals surface area contributed by atoms with Crippen molar-refractivity contribution in [2.75, 3.05) is 5.32 Å². The number of alkyl halides is 3. The number of rotatable bonds is 3. The summed E-state index contributed by atoms with van der Waals surface area (Å²) in [5.41, 5.74) is -4.35. The van der Waals surface area contributed by atoms with E-state index >= 15 is 0 Å². The molecule has 2 aromatic carbocycles. The lowest BCUT2D eigenvalue weighted by atomic mass is 9.69. The zero-order valence-electron chi connectivity index (χ0n) is 16.7.